The molecular formula is C21H16N6O4. The van der Waals surface area contributed by atoms with Crippen LogP contribution in [0.2, 0.25) is 0 Å². The third-order valence-corrected chi connectivity index (χ3v) is 4.51. The number of rotatable bonds is 6. The number of aromatic nitrogens is 3. The summed E-state index contributed by atoms with van der Waals surface area (Å²) in [6.07, 6.45) is 1.20. The van der Waals surface area contributed by atoms with Gasteiger partial charge in [0.1, 0.15) is 6.33 Å². The largest absolute Gasteiger partial charge is 0.478 e. The Morgan fingerprint density at radius 3 is 2.39 bits per heavy atom. The molecule has 0 radical (unpaired) electrons. The molecule has 0 unspecified atom stereocenters. The van der Waals surface area contributed by atoms with Gasteiger partial charge in [-0.25, -0.2) is 14.8 Å². The Hall–Kier alpha value is -4.60. The monoisotopic (exact) mass is 416 g/mol. The number of carbonyl (C=O) groups is 1. The molecule has 10 heteroatoms. The van der Waals surface area contributed by atoms with Crippen LogP contribution < -0.4 is 10.6 Å². The molecule has 2 aromatic carbocycles. The minimum Gasteiger partial charge on any atom is -0.478 e. The average molecular weight is 416 g/mol. The van der Waals surface area contributed by atoms with E-state index in [1.54, 1.807) is 6.07 Å². The molecule has 0 aliphatic heterocycles. The number of pyridine rings is 1. The Labute approximate surface area is 175 Å². The number of hydrogen-bond donors (Lipinski definition) is 3. The van der Waals surface area contributed by atoms with Crippen molar-refractivity contribution in [2.75, 3.05) is 10.6 Å². The van der Waals surface area contributed by atoms with Gasteiger partial charge in [-0.3, -0.25) is 15.1 Å². The molecule has 3 N–H and O–H groups in total. The second-order valence-corrected chi connectivity index (χ2v) is 6.64. The second kappa shape index (κ2) is 8.03. The summed E-state index contributed by atoms with van der Waals surface area (Å²) in [4.78, 5) is 34.8. The van der Waals surface area contributed by atoms with E-state index in [0.29, 0.717) is 16.9 Å². The summed E-state index contributed by atoms with van der Waals surface area (Å²) in [6, 6.07) is 15.1. The van der Waals surface area contributed by atoms with Crippen LogP contribution in [0.25, 0.3) is 10.9 Å². The van der Waals surface area contributed by atoms with E-state index >= 15 is 0 Å². The summed E-state index contributed by atoms with van der Waals surface area (Å²) < 4.78 is 0. The summed E-state index contributed by atoms with van der Waals surface area (Å²) >= 11 is 0. The van der Waals surface area contributed by atoms with Crippen LogP contribution in [0.3, 0.4) is 0 Å². The van der Waals surface area contributed by atoms with Crippen molar-refractivity contribution in [2.45, 2.75) is 6.92 Å². The number of aromatic carboxylic acids is 1. The fraction of sp³-hybridized carbons (Fsp3) is 0.0476. The SMILES string of the molecule is Cc1ccc2cccc(Nc3ncnc(Nc4ccc(C(=O)O)cc4)c3[N+](=O)[O-])c2n1. The van der Waals surface area contributed by atoms with Crippen LogP contribution in [0.5, 0.6) is 0 Å². The lowest BCUT2D eigenvalue weighted by Gasteiger charge is -2.12. The van der Waals surface area contributed by atoms with Crippen LogP contribution in [0.15, 0.2) is 60.9 Å². The van der Waals surface area contributed by atoms with Crippen molar-refractivity contribution in [3.63, 3.8) is 0 Å². The predicted octanol–water partition coefficient (Wildman–Crippen LogP) is 4.43. The van der Waals surface area contributed by atoms with Crippen molar-refractivity contribution in [3.8, 4) is 0 Å². The predicted molar refractivity (Wildman–Crippen MR) is 115 cm³/mol. The van der Waals surface area contributed by atoms with Gasteiger partial charge < -0.3 is 15.7 Å². The van der Waals surface area contributed by atoms with E-state index in [-0.39, 0.29) is 22.9 Å². The highest BCUT2D eigenvalue weighted by Gasteiger charge is 2.24. The van der Waals surface area contributed by atoms with Crippen molar-refractivity contribution >= 4 is 45.6 Å². The van der Waals surface area contributed by atoms with Crippen LogP contribution >= 0.6 is 0 Å². The molecule has 4 aromatic rings. The van der Waals surface area contributed by atoms with E-state index in [1.807, 2.05) is 31.2 Å². The van der Waals surface area contributed by atoms with E-state index in [0.717, 1.165) is 11.1 Å². The number of benzene rings is 2. The number of anilines is 4. The molecule has 0 aliphatic rings. The zero-order valence-corrected chi connectivity index (χ0v) is 16.2. The smallest absolute Gasteiger partial charge is 0.353 e. The molecule has 2 aromatic heterocycles. The number of fused-ring (bicyclic) bond motifs is 1. The maximum Gasteiger partial charge on any atom is 0.353 e. The van der Waals surface area contributed by atoms with Crippen molar-refractivity contribution in [1.29, 1.82) is 0 Å². The number of nitrogens with zero attached hydrogens (tertiary/aromatic N) is 4. The first-order valence-electron chi connectivity index (χ1n) is 9.15. The number of carboxylic acid groups (broad SMARTS) is 1. The fourth-order valence-electron chi connectivity index (χ4n) is 3.04. The molecule has 4 rings (SSSR count). The van der Waals surface area contributed by atoms with Crippen LogP contribution in [-0.2, 0) is 0 Å². The standard InChI is InChI=1S/C21H16N6O4/c1-12-5-6-13-3-2-4-16(17(13)24-12)26-20-18(27(30)31)19(22-11-23-20)25-15-9-7-14(8-10-15)21(28)29/h2-11H,1H3,(H,28,29)(H2,22,23,25,26). The second-order valence-electron chi connectivity index (χ2n) is 6.64. The third-order valence-electron chi connectivity index (χ3n) is 4.51. The Morgan fingerprint density at radius 2 is 1.71 bits per heavy atom. The Kier molecular flexibility index (Phi) is 5.10. The molecule has 0 amide bonds. The van der Waals surface area contributed by atoms with Gasteiger partial charge in [0, 0.05) is 16.8 Å². The van der Waals surface area contributed by atoms with Crippen LogP contribution in [-0.4, -0.2) is 31.0 Å². The minimum absolute atomic E-state index is 0.000428. The topological polar surface area (TPSA) is 143 Å². The molecule has 2 heterocycles. The van der Waals surface area contributed by atoms with E-state index in [1.165, 1.54) is 30.6 Å². The van der Waals surface area contributed by atoms with Gasteiger partial charge in [0.2, 0.25) is 11.6 Å². The van der Waals surface area contributed by atoms with Crippen molar-refractivity contribution in [3.05, 3.63) is 82.3 Å². The number of aryl methyl sites for hydroxylation is 1. The fourth-order valence-corrected chi connectivity index (χ4v) is 3.04. The van der Waals surface area contributed by atoms with Gasteiger partial charge in [0.15, 0.2) is 0 Å². The van der Waals surface area contributed by atoms with Crippen molar-refractivity contribution in [1.82, 2.24) is 15.0 Å². The number of nitro groups is 1. The number of para-hydroxylation sites is 1. The molecule has 0 bridgehead atoms. The van der Waals surface area contributed by atoms with E-state index < -0.39 is 10.9 Å². The Bertz CT molecular complexity index is 1310. The third kappa shape index (κ3) is 4.08. The first-order valence-corrected chi connectivity index (χ1v) is 9.15. The zero-order valence-electron chi connectivity index (χ0n) is 16.2. The number of carboxylic acids is 1. The van der Waals surface area contributed by atoms with Gasteiger partial charge in [-0.15, -0.1) is 0 Å². The molecule has 0 saturated carbocycles. The first-order chi connectivity index (χ1) is 14.9. The summed E-state index contributed by atoms with van der Waals surface area (Å²) in [5.74, 6) is -1.10. The Morgan fingerprint density at radius 1 is 1.00 bits per heavy atom. The number of nitrogens with one attached hydrogen (secondary N) is 2. The van der Waals surface area contributed by atoms with Crippen LogP contribution in [0.1, 0.15) is 16.1 Å². The highest BCUT2D eigenvalue weighted by atomic mass is 16.6. The lowest BCUT2D eigenvalue weighted by Crippen LogP contribution is -2.06. The molecular weight excluding hydrogens is 400 g/mol. The normalized spacial score (nSPS) is 10.6. The van der Waals surface area contributed by atoms with Gasteiger partial charge in [0.25, 0.3) is 0 Å². The summed E-state index contributed by atoms with van der Waals surface area (Å²) in [7, 11) is 0. The molecule has 0 spiro atoms. The van der Waals surface area contributed by atoms with Crippen LogP contribution in [0, 0.1) is 17.0 Å². The molecule has 31 heavy (non-hydrogen) atoms. The molecule has 0 aliphatic carbocycles. The van der Waals surface area contributed by atoms with Crippen molar-refractivity contribution < 1.29 is 14.8 Å². The lowest BCUT2D eigenvalue weighted by atomic mass is 10.1. The molecule has 0 fully saturated rings. The Balaban J connectivity index is 1.72. The van der Waals surface area contributed by atoms with E-state index in [2.05, 4.69) is 25.6 Å². The highest BCUT2D eigenvalue weighted by molar-refractivity contribution is 5.93. The summed E-state index contributed by atoms with van der Waals surface area (Å²) in [5.41, 5.74) is 2.23. The summed E-state index contributed by atoms with van der Waals surface area (Å²) in [5, 5.41) is 27.6. The zero-order chi connectivity index (χ0) is 22.0. The summed E-state index contributed by atoms with van der Waals surface area (Å²) in [6.45, 7) is 1.86. The van der Waals surface area contributed by atoms with Gasteiger partial charge in [-0.05, 0) is 43.3 Å². The quantitative estimate of drug-likeness (QED) is 0.307. The van der Waals surface area contributed by atoms with Gasteiger partial charge in [-0.1, -0.05) is 18.2 Å². The van der Waals surface area contributed by atoms with Gasteiger partial charge in [-0.2, -0.15) is 0 Å². The average Bonchev–Trinajstić information content (AvgIpc) is 2.74. The minimum atomic E-state index is -1.06. The van der Waals surface area contributed by atoms with Crippen molar-refractivity contribution in [2.24, 2.45) is 0 Å². The van der Waals surface area contributed by atoms with E-state index in [9.17, 15) is 14.9 Å². The molecule has 154 valence electrons. The number of hydrogen-bond acceptors (Lipinski definition) is 8. The maximum absolute atomic E-state index is 11.8. The first kappa shape index (κ1) is 19.7. The van der Waals surface area contributed by atoms with Gasteiger partial charge >= 0.3 is 11.7 Å². The lowest BCUT2D eigenvalue weighted by molar-refractivity contribution is -0.383. The molecule has 0 atom stereocenters. The maximum atomic E-state index is 11.8. The van der Waals surface area contributed by atoms with Gasteiger partial charge in [0.05, 0.1) is 21.7 Å². The molecule has 10 nitrogen and oxygen atoms in total. The highest BCUT2D eigenvalue weighted by Crippen LogP contribution is 2.34. The molecule has 0 saturated heterocycles. The van der Waals surface area contributed by atoms with Crippen LogP contribution in [0.4, 0.5) is 28.7 Å². The van der Waals surface area contributed by atoms with E-state index in [4.69, 9.17) is 5.11 Å².